The maximum atomic E-state index is 12.3. The highest BCUT2D eigenvalue weighted by atomic mass is 79.9. The molecule has 0 bridgehead atoms. The molecule has 26 heavy (non-hydrogen) atoms. The van der Waals surface area contributed by atoms with Crippen molar-refractivity contribution in [2.75, 3.05) is 5.33 Å². The predicted octanol–water partition coefficient (Wildman–Crippen LogP) is 4.14. The number of hydrogen-bond acceptors (Lipinski definition) is 5. The normalized spacial score (nSPS) is 12.2. The Morgan fingerprint density at radius 2 is 1.81 bits per heavy atom. The first-order chi connectivity index (χ1) is 12.1. The number of carbonyl (C=O) groups excluding carboxylic acids is 3. The Balaban J connectivity index is 2.83. The summed E-state index contributed by atoms with van der Waals surface area (Å²) in [5.74, 6) is -0.577. The molecule has 0 aliphatic heterocycles. The van der Waals surface area contributed by atoms with Crippen molar-refractivity contribution in [3.05, 3.63) is 35.9 Å². The van der Waals surface area contributed by atoms with Crippen molar-refractivity contribution in [2.45, 2.75) is 44.2 Å². The predicted molar refractivity (Wildman–Crippen MR) is 104 cm³/mol. The lowest BCUT2D eigenvalue weighted by atomic mass is 10.2. The molecule has 4 amide bonds. The fraction of sp³-hybridized carbons (Fsp3) is 0.471. The molecule has 1 atom stereocenters. The quantitative estimate of drug-likeness (QED) is 0.475. The van der Waals surface area contributed by atoms with E-state index in [0.717, 1.165) is 5.56 Å². The van der Waals surface area contributed by atoms with Crippen LogP contribution >= 0.6 is 31.9 Å². The minimum absolute atomic E-state index is 0.0408. The molecule has 0 spiro atoms. The molecule has 0 saturated carbocycles. The molecule has 1 aromatic rings. The van der Waals surface area contributed by atoms with Gasteiger partial charge in [-0.25, -0.2) is 9.59 Å². The molecule has 144 valence electrons. The Labute approximate surface area is 169 Å². The van der Waals surface area contributed by atoms with Crippen LogP contribution in [0.15, 0.2) is 30.3 Å². The monoisotopic (exact) mass is 492 g/mol. The average molecular weight is 494 g/mol. The molecule has 0 aliphatic rings. The third kappa shape index (κ3) is 8.29. The maximum absolute atomic E-state index is 12.3. The number of halogens is 2. The number of hydroxylamine groups is 2. The van der Waals surface area contributed by atoms with Gasteiger partial charge in [0.25, 0.3) is 0 Å². The van der Waals surface area contributed by atoms with Crippen LogP contribution < -0.4 is 5.32 Å². The van der Waals surface area contributed by atoms with Crippen LogP contribution in [0.5, 0.6) is 0 Å². The topological polar surface area (TPSA) is 84.9 Å². The molecule has 9 heteroatoms. The number of imide groups is 2. The molecule has 1 N–H and O–H groups in total. The molecule has 1 aromatic carbocycles. The summed E-state index contributed by atoms with van der Waals surface area (Å²) < 4.78 is 5.17. The van der Waals surface area contributed by atoms with Crippen molar-refractivity contribution in [3.63, 3.8) is 0 Å². The van der Waals surface area contributed by atoms with E-state index in [0.29, 0.717) is 16.8 Å². The van der Waals surface area contributed by atoms with Gasteiger partial charge in [-0.2, -0.15) is 0 Å². The smallest absolute Gasteiger partial charge is 0.442 e. The standard InChI is InChI=1S/C17H22Br2N2O5/c1-17(2,3)26-16(24)21(25-11-12-7-5-4-6-8-12)15(23)20-14(22)13(19)9-10-18/h4-8,13H,9-11H2,1-3H3,(H,20,22,23). The van der Waals surface area contributed by atoms with Gasteiger partial charge in [0.1, 0.15) is 12.2 Å². The van der Waals surface area contributed by atoms with Crippen molar-refractivity contribution in [1.82, 2.24) is 10.4 Å². The lowest BCUT2D eigenvalue weighted by Crippen LogP contribution is -2.49. The van der Waals surface area contributed by atoms with E-state index in [1.165, 1.54) is 0 Å². The third-order valence-electron chi connectivity index (χ3n) is 2.82. The maximum Gasteiger partial charge on any atom is 0.443 e. The molecule has 0 heterocycles. The van der Waals surface area contributed by atoms with Gasteiger partial charge in [-0.05, 0) is 32.8 Å². The zero-order valence-electron chi connectivity index (χ0n) is 14.8. The number of ether oxygens (including phenoxy) is 1. The van der Waals surface area contributed by atoms with E-state index >= 15 is 0 Å². The SMILES string of the molecule is CC(C)(C)OC(=O)N(OCc1ccccc1)C(=O)NC(=O)C(Br)CCBr. The highest BCUT2D eigenvalue weighted by Gasteiger charge is 2.31. The lowest BCUT2D eigenvalue weighted by molar-refractivity contribution is -0.129. The molecule has 0 fully saturated rings. The van der Waals surface area contributed by atoms with Crippen LogP contribution in [0, 0.1) is 0 Å². The van der Waals surface area contributed by atoms with Crippen LogP contribution in [0.2, 0.25) is 0 Å². The highest BCUT2D eigenvalue weighted by molar-refractivity contribution is 9.10. The summed E-state index contributed by atoms with van der Waals surface area (Å²) in [6.45, 7) is 4.94. The number of carbonyl (C=O) groups is 3. The number of benzene rings is 1. The summed E-state index contributed by atoms with van der Waals surface area (Å²) in [6, 6.07) is 7.98. The van der Waals surface area contributed by atoms with E-state index in [4.69, 9.17) is 9.57 Å². The van der Waals surface area contributed by atoms with Crippen LogP contribution in [-0.2, 0) is 21.0 Å². The van der Waals surface area contributed by atoms with Gasteiger partial charge in [-0.3, -0.25) is 14.9 Å². The van der Waals surface area contributed by atoms with E-state index in [2.05, 4.69) is 37.2 Å². The van der Waals surface area contributed by atoms with Gasteiger partial charge >= 0.3 is 12.1 Å². The second-order valence-electron chi connectivity index (χ2n) is 6.27. The van der Waals surface area contributed by atoms with Gasteiger partial charge in [0.2, 0.25) is 5.91 Å². The summed E-state index contributed by atoms with van der Waals surface area (Å²) in [5, 5.41) is 3.12. The Morgan fingerprint density at radius 3 is 2.35 bits per heavy atom. The van der Waals surface area contributed by atoms with Crippen LogP contribution in [0.1, 0.15) is 32.8 Å². The van der Waals surface area contributed by atoms with Crippen LogP contribution in [-0.4, -0.2) is 38.9 Å². The Morgan fingerprint density at radius 1 is 1.19 bits per heavy atom. The Bertz CT molecular complexity index is 619. The minimum atomic E-state index is -1.01. The first kappa shape index (κ1) is 22.6. The van der Waals surface area contributed by atoms with E-state index in [-0.39, 0.29) is 6.61 Å². The van der Waals surface area contributed by atoms with Gasteiger partial charge < -0.3 is 4.74 Å². The first-order valence-corrected chi connectivity index (χ1v) is 9.92. The molecule has 0 aromatic heterocycles. The third-order valence-corrected chi connectivity index (χ3v) is 4.16. The van der Waals surface area contributed by atoms with E-state index in [1.807, 2.05) is 6.07 Å². The largest absolute Gasteiger partial charge is 0.443 e. The second-order valence-corrected chi connectivity index (χ2v) is 8.17. The van der Waals surface area contributed by atoms with Gasteiger partial charge in [-0.15, -0.1) is 0 Å². The molecule has 1 rings (SSSR count). The first-order valence-electron chi connectivity index (χ1n) is 7.89. The lowest BCUT2D eigenvalue weighted by Gasteiger charge is -2.25. The number of urea groups is 1. The fourth-order valence-electron chi connectivity index (χ4n) is 1.67. The summed E-state index contributed by atoms with van der Waals surface area (Å²) in [7, 11) is 0. The van der Waals surface area contributed by atoms with Crippen molar-refractivity contribution >= 4 is 49.9 Å². The highest BCUT2D eigenvalue weighted by Crippen LogP contribution is 2.13. The van der Waals surface area contributed by atoms with E-state index < -0.39 is 28.5 Å². The Hall–Kier alpha value is -1.45. The number of rotatable bonds is 6. The number of amides is 4. The van der Waals surface area contributed by atoms with Crippen LogP contribution in [0.4, 0.5) is 9.59 Å². The van der Waals surface area contributed by atoms with Crippen molar-refractivity contribution < 1.29 is 24.0 Å². The molecular weight excluding hydrogens is 472 g/mol. The molecule has 7 nitrogen and oxygen atoms in total. The summed E-state index contributed by atoms with van der Waals surface area (Å²) in [6.07, 6.45) is -0.540. The average Bonchev–Trinajstić information content (AvgIpc) is 2.54. The number of nitrogens with one attached hydrogen (secondary N) is 1. The van der Waals surface area contributed by atoms with Crippen LogP contribution in [0.3, 0.4) is 0 Å². The Kier molecular flexibility index (Phi) is 9.24. The van der Waals surface area contributed by atoms with Crippen molar-refractivity contribution in [1.29, 1.82) is 0 Å². The van der Waals surface area contributed by atoms with Gasteiger partial charge in [0.15, 0.2) is 0 Å². The van der Waals surface area contributed by atoms with E-state index in [9.17, 15) is 14.4 Å². The summed E-state index contributed by atoms with van der Waals surface area (Å²) in [5.41, 5.74) is -0.0817. The zero-order chi connectivity index (χ0) is 19.7. The molecule has 0 saturated heterocycles. The molecular formula is C17H22Br2N2O5. The van der Waals surface area contributed by atoms with Gasteiger partial charge in [0, 0.05) is 5.33 Å². The van der Waals surface area contributed by atoms with Gasteiger partial charge in [0.05, 0.1) is 4.83 Å². The molecule has 0 radical (unpaired) electrons. The zero-order valence-corrected chi connectivity index (χ0v) is 18.0. The summed E-state index contributed by atoms with van der Waals surface area (Å²) >= 11 is 6.39. The number of hydrogen-bond donors (Lipinski definition) is 1. The molecule has 1 unspecified atom stereocenters. The minimum Gasteiger partial charge on any atom is -0.442 e. The molecule has 0 aliphatic carbocycles. The van der Waals surface area contributed by atoms with Crippen molar-refractivity contribution in [2.24, 2.45) is 0 Å². The van der Waals surface area contributed by atoms with E-state index in [1.54, 1.807) is 45.0 Å². The van der Waals surface area contributed by atoms with Crippen LogP contribution in [0.25, 0.3) is 0 Å². The van der Waals surface area contributed by atoms with Gasteiger partial charge in [-0.1, -0.05) is 67.3 Å². The van der Waals surface area contributed by atoms with Crippen molar-refractivity contribution in [3.8, 4) is 0 Å². The fourth-order valence-corrected chi connectivity index (χ4v) is 3.09. The second kappa shape index (κ2) is 10.6. The summed E-state index contributed by atoms with van der Waals surface area (Å²) in [4.78, 5) is 41.4. The number of nitrogens with zero attached hydrogens (tertiary/aromatic N) is 1. The number of alkyl halides is 2.